The fourth-order valence-electron chi connectivity index (χ4n) is 3.92. The number of amides is 1. The van der Waals surface area contributed by atoms with Gasteiger partial charge in [0.25, 0.3) is 5.89 Å². The third-order valence-electron chi connectivity index (χ3n) is 6.14. The molecule has 1 saturated heterocycles. The van der Waals surface area contributed by atoms with Gasteiger partial charge in [0.2, 0.25) is 12.3 Å². The molecule has 40 heavy (non-hydrogen) atoms. The molecule has 3 aromatic heterocycles. The highest BCUT2D eigenvalue weighted by atomic mass is 19.3. The number of carbonyl (C=O) groups is 1. The van der Waals surface area contributed by atoms with Crippen LogP contribution < -0.4 is 15.1 Å². The monoisotopic (exact) mass is 554 g/mol. The molecular formula is C27H29F3N8O2. The van der Waals surface area contributed by atoms with Gasteiger partial charge < -0.3 is 24.4 Å². The van der Waals surface area contributed by atoms with Crippen LogP contribution in [0.25, 0.3) is 11.5 Å². The van der Waals surface area contributed by atoms with Crippen molar-refractivity contribution >= 4 is 23.5 Å². The number of hydrogen-bond donors (Lipinski definition) is 1. The Hall–Kier alpha value is -4.36. The Balaban J connectivity index is 0.000000461. The molecule has 1 aliphatic heterocycles. The number of carbonyl (C=O) groups excluding carboxylic acids is 1. The van der Waals surface area contributed by atoms with Crippen molar-refractivity contribution in [2.75, 3.05) is 50.1 Å². The average Bonchev–Trinajstić information content (AvgIpc) is 3.48. The van der Waals surface area contributed by atoms with Crippen molar-refractivity contribution < 1.29 is 22.4 Å². The highest BCUT2D eigenvalue weighted by Gasteiger charge is 2.19. The Labute approximate surface area is 229 Å². The van der Waals surface area contributed by atoms with Gasteiger partial charge >= 0.3 is 6.43 Å². The molecule has 1 fully saturated rings. The molecular weight excluding hydrogens is 525 g/mol. The van der Waals surface area contributed by atoms with Gasteiger partial charge in [0.15, 0.2) is 0 Å². The van der Waals surface area contributed by atoms with E-state index >= 15 is 0 Å². The van der Waals surface area contributed by atoms with E-state index in [1.165, 1.54) is 36.3 Å². The zero-order valence-corrected chi connectivity index (χ0v) is 22.0. The number of nitrogens with zero attached hydrogens (tertiary/aromatic N) is 7. The largest absolute Gasteiger partial charge is 0.415 e. The maximum Gasteiger partial charge on any atom is 0.314 e. The third-order valence-corrected chi connectivity index (χ3v) is 6.14. The molecule has 0 aliphatic carbocycles. The predicted octanol–water partition coefficient (Wildman–Crippen LogP) is 4.06. The van der Waals surface area contributed by atoms with Crippen molar-refractivity contribution in [2.45, 2.75) is 13.0 Å². The minimum Gasteiger partial charge on any atom is -0.415 e. The number of nitrogens with one attached hydrogen (secondary N) is 1. The molecule has 5 rings (SSSR count). The summed E-state index contributed by atoms with van der Waals surface area (Å²) in [6.45, 7) is 4.78. The summed E-state index contributed by atoms with van der Waals surface area (Å²) in [5.41, 5.74) is 2.48. The van der Waals surface area contributed by atoms with Crippen LogP contribution in [0.4, 0.5) is 30.2 Å². The second-order valence-corrected chi connectivity index (χ2v) is 8.97. The number of rotatable bonds is 8. The second kappa shape index (κ2) is 13.6. The van der Waals surface area contributed by atoms with Crippen LogP contribution in [-0.2, 0) is 11.3 Å². The number of hydrogen-bond acceptors (Lipinski definition) is 9. The molecule has 0 unspecified atom stereocenters. The summed E-state index contributed by atoms with van der Waals surface area (Å²) in [7, 11) is 3.93. The quantitative estimate of drug-likeness (QED) is 0.323. The summed E-state index contributed by atoms with van der Waals surface area (Å²) in [5.74, 6) is -1.38. The van der Waals surface area contributed by atoms with Crippen molar-refractivity contribution in [1.29, 1.82) is 0 Å². The first-order chi connectivity index (χ1) is 19.4. The van der Waals surface area contributed by atoms with E-state index in [0.717, 1.165) is 18.8 Å². The molecule has 0 radical (unpaired) electrons. The van der Waals surface area contributed by atoms with Crippen LogP contribution in [0.3, 0.4) is 0 Å². The highest BCUT2D eigenvalue weighted by molar-refractivity contribution is 5.86. The maximum atomic E-state index is 14.1. The predicted molar refractivity (Wildman–Crippen MR) is 144 cm³/mol. The van der Waals surface area contributed by atoms with Crippen LogP contribution in [0, 0.1) is 5.82 Å². The molecule has 0 bridgehead atoms. The summed E-state index contributed by atoms with van der Waals surface area (Å²) < 4.78 is 44.3. The summed E-state index contributed by atoms with van der Waals surface area (Å²) in [5, 5.41) is 10.1. The van der Waals surface area contributed by atoms with Crippen molar-refractivity contribution in [3.63, 3.8) is 0 Å². The van der Waals surface area contributed by atoms with Gasteiger partial charge in [0.05, 0.1) is 41.1 Å². The van der Waals surface area contributed by atoms with Gasteiger partial charge in [-0.25, -0.2) is 4.39 Å². The molecule has 13 heteroatoms. The van der Waals surface area contributed by atoms with Gasteiger partial charge in [0.1, 0.15) is 5.82 Å². The van der Waals surface area contributed by atoms with E-state index in [1.807, 2.05) is 6.07 Å². The summed E-state index contributed by atoms with van der Waals surface area (Å²) in [6, 6.07) is 10.9. The number of halogens is 3. The van der Waals surface area contributed by atoms with Gasteiger partial charge in [-0.15, -0.1) is 10.2 Å². The van der Waals surface area contributed by atoms with Crippen molar-refractivity contribution in [3.8, 4) is 11.5 Å². The average molecular weight is 555 g/mol. The van der Waals surface area contributed by atoms with Crippen LogP contribution in [0.1, 0.15) is 18.0 Å². The molecule has 1 aromatic carbocycles. The van der Waals surface area contributed by atoms with E-state index < -0.39 is 18.1 Å². The minimum atomic E-state index is -2.87. The number of piperazine rings is 1. The number of anilines is 3. The Kier molecular flexibility index (Phi) is 9.76. The lowest BCUT2D eigenvalue weighted by Gasteiger charge is -2.26. The Morgan fingerprint density at radius 2 is 1.90 bits per heavy atom. The lowest BCUT2D eigenvalue weighted by Crippen LogP contribution is -2.40. The topological polar surface area (TPSA) is 104 Å². The van der Waals surface area contributed by atoms with E-state index in [9.17, 15) is 18.0 Å². The smallest absolute Gasteiger partial charge is 0.314 e. The van der Waals surface area contributed by atoms with Gasteiger partial charge in [-0.05, 0) is 49.5 Å². The van der Waals surface area contributed by atoms with Crippen molar-refractivity contribution in [3.05, 3.63) is 78.5 Å². The molecule has 1 aliphatic rings. The molecule has 210 valence electrons. The van der Waals surface area contributed by atoms with Gasteiger partial charge in [-0.2, -0.15) is 8.78 Å². The normalized spacial score (nSPS) is 13.4. The molecule has 0 atom stereocenters. The number of aromatic nitrogens is 4. The van der Waals surface area contributed by atoms with Crippen LogP contribution in [0.15, 0.2) is 65.5 Å². The van der Waals surface area contributed by atoms with E-state index in [4.69, 9.17) is 4.42 Å². The number of alkyl halides is 2. The molecule has 0 spiro atoms. The highest BCUT2D eigenvalue weighted by Crippen LogP contribution is 2.34. The first kappa shape index (κ1) is 28.6. The zero-order chi connectivity index (χ0) is 28.5. The van der Waals surface area contributed by atoms with Crippen LogP contribution in [0.5, 0.6) is 0 Å². The zero-order valence-electron chi connectivity index (χ0n) is 22.0. The fraction of sp³-hybridized carbons (Fsp3) is 0.296. The van der Waals surface area contributed by atoms with Crippen LogP contribution in [0.2, 0.25) is 0 Å². The molecule has 4 aromatic rings. The lowest BCUT2D eigenvalue weighted by atomic mass is 10.2. The van der Waals surface area contributed by atoms with Crippen LogP contribution >= 0.6 is 0 Å². The first-order valence-electron chi connectivity index (χ1n) is 12.5. The minimum absolute atomic E-state index is 0.0350. The SMILES string of the molecule is CN(c1cccnc1)c1ccc(F)cc1N(C=O)Cc1ccc(-c2nnc(C(F)F)o2)cn1.CN1CCNCC1. The molecule has 4 heterocycles. The Morgan fingerprint density at radius 1 is 1.10 bits per heavy atom. The third kappa shape index (κ3) is 7.39. The number of pyridine rings is 2. The number of likely N-dealkylation sites (N-methyl/N-ethyl adjacent to an activating group) is 1. The second-order valence-electron chi connectivity index (χ2n) is 8.97. The maximum absolute atomic E-state index is 14.1. The molecule has 1 N–H and O–H groups in total. The lowest BCUT2D eigenvalue weighted by molar-refractivity contribution is -0.107. The Morgan fingerprint density at radius 3 is 2.48 bits per heavy atom. The summed E-state index contributed by atoms with van der Waals surface area (Å²) in [4.78, 5) is 25.7. The van der Waals surface area contributed by atoms with Crippen molar-refractivity contribution in [1.82, 2.24) is 30.4 Å². The summed E-state index contributed by atoms with van der Waals surface area (Å²) >= 11 is 0. The van der Waals surface area contributed by atoms with E-state index in [0.29, 0.717) is 29.0 Å². The van der Waals surface area contributed by atoms with E-state index in [-0.39, 0.29) is 12.4 Å². The Bertz CT molecular complexity index is 1370. The van der Waals surface area contributed by atoms with Gasteiger partial charge in [-0.1, -0.05) is 0 Å². The van der Waals surface area contributed by atoms with Crippen molar-refractivity contribution in [2.24, 2.45) is 0 Å². The van der Waals surface area contributed by atoms with Gasteiger partial charge in [-0.3, -0.25) is 14.8 Å². The number of benzene rings is 1. The van der Waals surface area contributed by atoms with E-state index in [1.54, 1.807) is 48.6 Å². The first-order valence-corrected chi connectivity index (χ1v) is 12.5. The summed E-state index contributed by atoms with van der Waals surface area (Å²) in [6.07, 6.45) is 2.37. The fourth-order valence-corrected chi connectivity index (χ4v) is 3.92. The molecule has 10 nitrogen and oxygen atoms in total. The standard InChI is InChI=1S/C22H17F3N6O2.C5H12N2/c1-30(17-3-2-8-26-11-17)18-7-5-15(23)9-19(18)31(13-32)12-16-6-4-14(10-27-16)21-28-29-22(33-21)20(24)25;1-7-4-2-6-3-5-7/h2-11,13,20H,12H2,1H3;6H,2-5H2,1H3. The van der Waals surface area contributed by atoms with Crippen LogP contribution in [-0.4, -0.2) is 71.7 Å². The van der Waals surface area contributed by atoms with E-state index in [2.05, 4.69) is 37.4 Å². The molecule has 1 amide bonds. The van der Waals surface area contributed by atoms with Gasteiger partial charge in [0, 0.05) is 45.6 Å². The molecule has 0 saturated carbocycles.